The van der Waals surface area contributed by atoms with Gasteiger partial charge in [0.1, 0.15) is 5.75 Å². The van der Waals surface area contributed by atoms with E-state index in [-0.39, 0.29) is 35.5 Å². The van der Waals surface area contributed by atoms with Crippen molar-refractivity contribution in [2.45, 2.75) is 30.6 Å². The number of ether oxygens (including phenoxy) is 1. The fourth-order valence-corrected chi connectivity index (χ4v) is 7.66. The summed E-state index contributed by atoms with van der Waals surface area (Å²) < 4.78 is 5.49. The third-order valence-electron chi connectivity index (χ3n) is 9.07. The number of hydrogen-bond donors (Lipinski definition) is 2. The van der Waals surface area contributed by atoms with Crippen molar-refractivity contribution in [1.82, 2.24) is 10.3 Å². The Bertz CT molecular complexity index is 1330. The molecule has 2 amide bonds. The van der Waals surface area contributed by atoms with Gasteiger partial charge < -0.3 is 9.64 Å². The van der Waals surface area contributed by atoms with Crippen molar-refractivity contribution >= 4 is 11.8 Å². The minimum absolute atomic E-state index is 0.00441. The van der Waals surface area contributed by atoms with Crippen LogP contribution in [0.3, 0.4) is 0 Å². The minimum atomic E-state index is -0.784. The summed E-state index contributed by atoms with van der Waals surface area (Å²) in [6, 6.07) is 26.7. The van der Waals surface area contributed by atoms with Crippen LogP contribution in [0.2, 0.25) is 0 Å². The van der Waals surface area contributed by atoms with Gasteiger partial charge in [0.05, 0.1) is 18.9 Å². The van der Waals surface area contributed by atoms with Gasteiger partial charge in [-0.2, -0.15) is 0 Å². The van der Waals surface area contributed by atoms with Gasteiger partial charge in [-0.3, -0.25) is 15.0 Å². The van der Waals surface area contributed by atoms with Gasteiger partial charge in [0, 0.05) is 35.9 Å². The molecule has 4 aliphatic rings. The van der Waals surface area contributed by atoms with Gasteiger partial charge in [0.15, 0.2) is 0 Å². The first kappa shape index (κ1) is 22.8. The van der Waals surface area contributed by atoms with Crippen LogP contribution in [-0.4, -0.2) is 36.9 Å². The van der Waals surface area contributed by atoms with Gasteiger partial charge in [-0.25, -0.2) is 5.84 Å². The molecule has 1 aliphatic heterocycles. The third-order valence-corrected chi connectivity index (χ3v) is 9.07. The summed E-state index contributed by atoms with van der Waals surface area (Å²) in [5.41, 5.74) is 5.92. The van der Waals surface area contributed by atoms with Crippen molar-refractivity contribution in [1.29, 1.82) is 0 Å². The first-order valence-corrected chi connectivity index (χ1v) is 12.6. The molecule has 3 aromatic rings. The zero-order valence-electron chi connectivity index (χ0n) is 20.4. The third kappa shape index (κ3) is 3.00. The van der Waals surface area contributed by atoms with Crippen LogP contribution in [0.5, 0.6) is 5.75 Å². The van der Waals surface area contributed by atoms with Crippen LogP contribution in [0.4, 0.5) is 0 Å². The number of nitrogens with two attached hydrogens (primary N) is 1. The highest BCUT2D eigenvalue weighted by atomic mass is 16.5. The van der Waals surface area contributed by atoms with Crippen molar-refractivity contribution in [3.05, 3.63) is 101 Å². The monoisotopic (exact) mass is 481 g/mol. The number of benzene rings is 3. The molecule has 3 aliphatic carbocycles. The van der Waals surface area contributed by atoms with Gasteiger partial charge in [0.25, 0.3) is 0 Å². The lowest BCUT2D eigenvalue weighted by Crippen LogP contribution is -2.63. The van der Waals surface area contributed by atoms with E-state index in [0.29, 0.717) is 18.8 Å². The second kappa shape index (κ2) is 8.49. The lowest BCUT2D eigenvalue weighted by atomic mass is 9.42. The molecule has 36 heavy (non-hydrogen) atoms. The summed E-state index contributed by atoms with van der Waals surface area (Å²) >= 11 is 0. The highest BCUT2D eigenvalue weighted by Crippen LogP contribution is 2.68. The minimum Gasteiger partial charge on any atom is -0.496 e. The summed E-state index contributed by atoms with van der Waals surface area (Å²) in [7, 11) is 1.62. The molecule has 3 aromatic carbocycles. The largest absolute Gasteiger partial charge is 0.496 e. The number of carbonyl (C=O) groups is 2. The molecule has 0 aromatic heterocycles. The number of para-hydroxylation sites is 1. The first-order valence-electron chi connectivity index (χ1n) is 12.6. The van der Waals surface area contributed by atoms with E-state index < -0.39 is 5.41 Å². The Hall–Kier alpha value is -3.64. The maximum absolute atomic E-state index is 13.8. The predicted octanol–water partition coefficient (Wildman–Crippen LogP) is 3.55. The second-order valence-corrected chi connectivity index (χ2v) is 10.3. The predicted molar refractivity (Wildman–Crippen MR) is 137 cm³/mol. The van der Waals surface area contributed by atoms with E-state index in [4.69, 9.17) is 10.6 Å². The van der Waals surface area contributed by atoms with Crippen molar-refractivity contribution < 1.29 is 14.3 Å². The molecule has 6 heteroatoms. The van der Waals surface area contributed by atoms with Crippen LogP contribution in [0, 0.1) is 11.3 Å². The van der Waals surface area contributed by atoms with Crippen LogP contribution in [0.1, 0.15) is 41.0 Å². The fraction of sp³-hybridized carbons (Fsp3) is 0.333. The molecule has 1 heterocycles. The number of hydrazine groups is 1. The van der Waals surface area contributed by atoms with E-state index in [1.165, 1.54) is 16.7 Å². The number of hydrogen-bond acceptors (Lipinski definition) is 4. The van der Waals surface area contributed by atoms with E-state index in [9.17, 15) is 9.59 Å². The molecule has 1 saturated carbocycles. The molecule has 0 unspecified atom stereocenters. The van der Waals surface area contributed by atoms with Gasteiger partial charge in [-0.05, 0) is 35.6 Å². The van der Waals surface area contributed by atoms with Crippen LogP contribution < -0.4 is 16.0 Å². The molecular weight excluding hydrogens is 450 g/mol. The van der Waals surface area contributed by atoms with E-state index in [2.05, 4.69) is 54.0 Å². The molecule has 6 nitrogen and oxygen atoms in total. The average molecular weight is 482 g/mol. The maximum Gasteiger partial charge on any atom is 0.242 e. The number of methoxy groups -OCH3 is 1. The Labute approximate surface area is 211 Å². The Kier molecular flexibility index (Phi) is 5.38. The topological polar surface area (TPSA) is 84.7 Å². The van der Waals surface area contributed by atoms with Gasteiger partial charge in [-0.15, -0.1) is 0 Å². The molecule has 2 bridgehead atoms. The normalized spacial score (nSPS) is 27.8. The Morgan fingerprint density at radius 2 is 1.75 bits per heavy atom. The van der Waals surface area contributed by atoms with Crippen LogP contribution in [0.15, 0.2) is 78.9 Å². The number of nitrogens with one attached hydrogen (secondary N) is 1. The zero-order valence-corrected chi connectivity index (χ0v) is 20.4. The molecular formula is C30H31N3O3. The smallest absolute Gasteiger partial charge is 0.242 e. The SMILES string of the molecule is COc1ccccc1CC(=O)N1C[C@H]2[C@@]3(c4ccccc4)CC[C@H](c4ccccc43)[C@@]2(C(=O)NN)C1. The number of nitrogens with zero attached hydrogens (tertiary/aromatic N) is 1. The van der Waals surface area contributed by atoms with Gasteiger partial charge in [0.2, 0.25) is 11.8 Å². The van der Waals surface area contributed by atoms with Crippen LogP contribution in [0.25, 0.3) is 0 Å². The van der Waals surface area contributed by atoms with Crippen molar-refractivity contribution in [3.63, 3.8) is 0 Å². The average Bonchev–Trinajstić information content (AvgIpc) is 3.37. The highest BCUT2D eigenvalue weighted by molar-refractivity contribution is 5.89. The number of fused-ring (bicyclic) bond motifs is 1. The first-order chi connectivity index (χ1) is 17.6. The lowest BCUT2D eigenvalue weighted by Gasteiger charge is -2.60. The van der Waals surface area contributed by atoms with Crippen LogP contribution in [-0.2, 0) is 21.4 Å². The number of carbonyl (C=O) groups excluding carboxylic acids is 2. The molecule has 4 atom stereocenters. The number of amides is 2. The second-order valence-electron chi connectivity index (χ2n) is 10.3. The molecule has 0 spiro atoms. The van der Waals surface area contributed by atoms with Crippen molar-refractivity contribution in [2.24, 2.45) is 17.2 Å². The standard InChI is InChI=1S/C30H31N3O3/c1-36-25-14-8-5-9-20(25)17-27(34)33-18-26-29(21-10-3-2-4-11-21)16-15-24(22-12-6-7-13-23(22)29)30(26,19-33)28(35)32-31/h2-14,24,26H,15-19,31H2,1H3,(H,32,35)/t24-,26+,29-,30+/m1/s1. The zero-order chi connectivity index (χ0) is 24.9. The molecule has 2 fully saturated rings. The molecule has 3 N–H and O–H groups in total. The lowest BCUT2D eigenvalue weighted by molar-refractivity contribution is -0.139. The summed E-state index contributed by atoms with van der Waals surface area (Å²) in [6.45, 7) is 0.878. The van der Waals surface area contributed by atoms with Crippen LogP contribution >= 0.6 is 0 Å². The Morgan fingerprint density at radius 3 is 2.53 bits per heavy atom. The van der Waals surface area contributed by atoms with Crippen molar-refractivity contribution in [3.8, 4) is 5.75 Å². The molecule has 184 valence electrons. The van der Waals surface area contributed by atoms with E-state index in [0.717, 1.165) is 18.4 Å². The number of likely N-dealkylation sites (tertiary alicyclic amines) is 1. The highest BCUT2D eigenvalue weighted by Gasteiger charge is 2.70. The van der Waals surface area contributed by atoms with Gasteiger partial charge >= 0.3 is 0 Å². The quantitative estimate of drug-likeness (QED) is 0.332. The summed E-state index contributed by atoms with van der Waals surface area (Å²) in [5, 5.41) is 0. The van der Waals surface area contributed by atoms with E-state index in [1.54, 1.807) is 7.11 Å². The molecule has 0 radical (unpaired) electrons. The summed E-state index contributed by atoms with van der Waals surface area (Å²) in [4.78, 5) is 29.4. The molecule has 1 saturated heterocycles. The van der Waals surface area contributed by atoms with Gasteiger partial charge in [-0.1, -0.05) is 72.8 Å². The fourth-order valence-electron chi connectivity index (χ4n) is 7.66. The molecule has 7 rings (SSSR count). The number of rotatable bonds is 5. The Morgan fingerprint density at radius 1 is 1.03 bits per heavy atom. The summed E-state index contributed by atoms with van der Waals surface area (Å²) in [6.07, 6.45) is 2.05. The maximum atomic E-state index is 13.8. The van der Waals surface area contributed by atoms with E-state index in [1.807, 2.05) is 35.2 Å². The Balaban J connectivity index is 1.48. The van der Waals surface area contributed by atoms with E-state index >= 15 is 0 Å². The van der Waals surface area contributed by atoms with Crippen molar-refractivity contribution in [2.75, 3.05) is 20.2 Å². The summed E-state index contributed by atoms with van der Waals surface area (Å²) in [5.74, 6) is 6.32.